The normalized spacial score (nSPS) is 14.3. The van der Waals surface area contributed by atoms with Crippen LogP contribution in [-0.2, 0) is 6.18 Å². The minimum Gasteiger partial charge on any atom is -0.372 e. The molecule has 0 radical (unpaired) electrons. The standard InChI is InChI=1S/C15H17F3N2.C9H12N2O/c1-20(12-5-3-2-4-6-12)13-8-7-11(10-19)14(9-13)15(16,17)18;1-6(2)7-3-4-8(9(10)12)11-5-7/h7-9,12H,2-6H2,1H3;3-6H,1-2H3,(H2,10,12). The Hall–Kier alpha value is -3.08. The van der Waals surface area contributed by atoms with Gasteiger partial charge >= 0.3 is 6.18 Å². The van der Waals surface area contributed by atoms with Crippen molar-refractivity contribution in [3.63, 3.8) is 0 Å². The van der Waals surface area contributed by atoms with Crippen molar-refractivity contribution < 1.29 is 18.0 Å². The molecule has 1 fully saturated rings. The minimum atomic E-state index is -4.49. The van der Waals surface area contributed by atoms with E-state index in [2.05, 4.69) is 18.8 Å². The van der Waals surface area contributed by atoms with E-state index in [0.29, 0.717) is 17.3 Å². The van der Waals surface area contributed by atoms with Crippen molar-refractivity contribution in [2.24, 2.45) is 5.73 Å². The van der Waals surface area contributed by atoms with Gasteiger partial charge in [0.05, 0.1) is 17.2 Å². The number of carbonyl (C=O) groups is 1. The summed E-state index contributed by atoms with van der Waals surface area (Å²) in [6.07, 6.45) is 2.66. The first kappa shape index (κ1) is 25.2. The van der Waals surface area contributed by atoms with E-state index < -0.39 is 17.6 Å². The molecule has 3 rings (SSSR count). The molecule has 1 saturated carbocycles. The number of anilines is 1. The van der Waals surface area contributed by atoms with Crippen molar-refractivity contribution >= 4 is 11.6 Å². The fourth-order valence-corrected chi connectivity index (χ4v) is 3.66. The molecular weight excluding hydrogens is 417 g/mol. The lowest BCUT2D eigenvalue weighted by Gasteiger charge is -2.33. The number of nitrogens with two attached hydrogens (primary N) is 1. The highest BCUT2D eigenvalue weighted by Crippen LogP contribution is 2.35. The number of primary amides is 1. The van der Waals surface area contributed by atoms with Crippen LogP contribution in [0.25, 0.3) is 0 Å². The van der Waals surface area contributed by atoms with Crippen molar-refractivity contribution in [2.45, 2.75) is 64.1 Å². The van der Waals surface area contributed by atoms with E-state index in [0.717, 1.165) is 37.3 Å². The molecule has 0 aliphatic heterocycles. The summed E-state index contributed by atoms with van der Waals surface area (Å²) in [6.45, 7) is 4.14. The molecule has 0 bridgehead atoms. The van der Waals surface area contributed by atoms with Crippen molar-refractivity contribution in [1.82, 2.24) is 4.98 Å². The summed E-state index contributed by atoms with van der Waals surface area (Å²) in [7, 11) is 1.83. The van der Waals surface area contributed by atoms with Crippen LogP contribution in [0.3, 0.4) is 0 Å². The largest absolute Gasteiger partial charge is 0.417 e. The van der Waals surface area contributed by atoms with E-state index in [1.165, 1.54) is 12.5 Å². The Labute approximate surface area is 187 Å². The summed E-state index contributed by atoms with van der Waals surface area (Å²) in [5.41, 5.74) is 5.83. The van der Waals surface area contributed by atoms with Gasteiger partial charge in [-0.3, -0.25) is 9.78 Å². The van der Waals surface area contributed by atoms with Crippen LogP contribution < -0.4 is 10.6 Å². The molecule has 1 aliphatic rings. The Morgan fingerprint density at radius 1 is 1.19 bits per heavy atom. The average molecular weight is 447 g/mol. The van der Waals surface area contributed by atoms with Crippen LogP contribution in [0.15, 0.2) is 36.5 Å². The first-order chi connectivity index (χ1) is 15.0. The maximum Gasteiger partial charge on any atom is 0.417 e. The van der Waals surface area contributed by atoms with Gasteiger partial charge in [-0.1, -0.05) is 39.2 Å². The molecule has 2 aromatic rings. The number of hydrogen-bond acceptors (Lipinski definition) is 4. The van der Waals surface area contributed by atoms with Gasteiger partial charge in [-0.2, -0.15) is 18.4 Å². The monoisotopic (exact) mass is 446 g/mol. The van der Waals surface area contributed by atoms with Gasteiger partial charge in [-0.05, 0) is 48.6 Å². The Bertz CT molecular complexity index is 943. The molecule has 0 unspecified atom stereocenters. The van der Waals surface area contributed by atoms with Gasteiger partial charge in [0.15, 0.2) is 0 Å². The van der Waals surface area contributed by atoms with Crippen LogP contribution in [0.1, 0.15) is 79.0 Å². The molecule has 0 spiro atoms. The van der Waals surface area contributed by atoms with E-state index in [1.54, 1.807) is 24.4 Å². The number of hydrogen-bond donors (Lipinski definition) is 1. The summed E-state index contributed by atoms with van der Waals surface area (Å²) in [6, 6.07) is 9.37. The van der Waals surface area contributed by atoms with Crippen LogP contribution in [-0.4, -0.2) is 24.0 Å². The number of aromatic nitrogens is 1. The summed E-state index contributed by atoms with van der Waals surface area (Å²) in [5.74, 6) is -0.0512. The van der Waals surface area contributed by atoms with Gasteiger partial charge in [0, 0.05) is 25.0 Å². The molecule has 172 valence electrons. The van der Waals surface area contributed by atoms with Gasteiger partial charge in [0.2, 0.25) is 0 Å². The lowest BCUT2D eigenvalue weighted by Crippen LogP contribution is -2.33. The number of rotatable bonds is 4. The first-order valence-corrected chi connectivity index (χ1v) is 10.6. The van der Waals surface area contributed by atoms with Crippen LogP contribution in [0.4, 0.5) is 18.9 Å². The summed E-state index contributed by atoms with van der Waals surface area (Å²) in [5, 5.41) is 8.80. The molecular formula is C24H29F3N4O. The predicted molar refractivity (Wildman–Crippen MR) is 118 cm³/mol. The fraction of sp³-hybridized carbons (Fsp3) is 0.458. The number of pyridine rings is 1. The Morgan fingerprint density at radius 3 is 2.31 bits per heavy atom. The molecule has 5 nitrogen and oxygen atoms in total. The third-order valence-corrected chi connectivity index (χ3v) is 5.66. The highest BCUT2D eigenvalue weighted by Gasteiger charge is 2.34. The second-order valence-corrected chi connectivity index (χ2v) is 8.24. The molecule has 1 amide bonds. The topological polar surface area (TPSA) is 83.0 Å². The van der Waals surface area contributed by atoms with Crippen LogP contribution in [0.2, 0.25) is 0 Å². The molecule has 1 heterocycles. The minimum absolute atomic E-state index is 0.290. The zero-order valence-electron chi connectivity index (χ0n) is 18.6. The van der Waals surface area contributed by atoms with Crippen LogP contribution in [0.5, 0.6) is 0 Å². The summed E-state index contributed by atoms with van der Waals surface area (Å²) < 4.78 is 38.9. The summed E-state index contributed by atoms with van der Waals surface area (Å²) in [4.78, 5) is 16.5. The Balaban J connectivity index is 0.000000258. The molecule has 1 aromatic heterocycles. The van der Waals surface area contributed by atoms with Crippen molar-refractivity contribution in [3.05, 3.63) is 58.9 Å². The van der Waals surface area contributed by atoms with E-state index in [-0.39, 0.29) is 11.6 Å². The second-order valence-electron chi connectivity index (χ2n) is 8.24. The quantitative estimate of drug-likeness (QED) is 0.658. The molecule has 8 heteroatoms. The van der Waals surface area contributed by atoms with E-state index in [4.69, 9.17) is 11.0 Å². The molecule has 1 aliphatic carbocycles. The van der Waals surface area contributed by atoms with E-state index in [1.807, 2.05) is 18.0 Å². The number of nitriles is 1. The lowest BCUT2D eigenvalue weighted by atomic mass is 9.94. The smallest absolute Gasteiger partial charge is 0.372 e. The molecule has 32 heavy (non-hydrogen) atoms. The third kappa shape index (κ3) is 6.71. The third-order valence-electron chi connectivity index (χ3n) is 5.66. The lowest BCUT2D eigenvalue weighted by molar-refractivity contribution is -0.137. The van der Waals surface area contributed by atoms with Gasteiger partial charge in [0.25, 0.3) is 5.91 Å². The number of alkyl halides is 3. The number of nitrogens with zero attached hydrogens (tertiary/aromatic N) is 3. The molecule has 2 N–H and O–H groups in total. The van der Waals surface area contributed by atoms with Gasteiger partial charge in [-0.15, -0.1) is 0 Å². The molecule has 0 atom stereocenters. The first-order valence-electron chi connectivity index (χ1n) is 10.6. The molecule has 0 saturated heterocycles. The van der Waals surface area contributed by atoms with E-state index in [9.17, 15) is 18.0 Å². The summed E-state index contributed by atoms with van der Waals surface area (Å²) >= 11 is 0. The molecule has 1 aromatic carbocycles. The predicted octanol–water partition coefficient (Wildman–Crippen LogP) is 5.65. The van der Waals surface area contributed by atoms with E-state index >= 15 is 0 Å². The van der Waals surface area contributed by atoms with Crippen LogP contribution >= 0.6 is 0 Å². The number of benzene rings is 1. The van der Waals surface area contributed by atoms with Gasteiger partial charge in [0.1, 0.15) is 5.69 Å². The van der Waals surface area contributed by atoms with Crippen molar-refractivity contribution in [2.75, 3.05) is 11.9 Å². The maximum absolute atomic E-state index is 13.0. The van der Waals surface area contributed by atoms with Crippen LogP contribution in [0, 0.1) is 11.3 Å². The fourth-order valence-electron chi connectivity index (χ4n) is 3.66. The Morgan fingerprint density at radius 2 is 1.84 bits per heavy atom. The average Bonchev–Trinajstić information content (AvgIpc) is 2.78. The number of halogens is 3. The van der Waals surface area contributed by atoms with Gasteiger partial charge in [-0.25, -0.2) is 0 Å². The highest BCUT2D eigenvalue weighted by molar-refractivity contribution is 5.90. The SMILES string of the molecule is CC(C)c1ccc(C(N)=O)nc1.CN(c1ccc(C#N)c(C(F)(F)F)c1)C1CCCCC1. The number of amides is 1. The zero-order chi connectivity index (χ0) is 23.9. The number of carbonyl (C=O) groups excluding carboxylic acids is 1. The zero-order valence-corrected chi connectivity index (χ0v) is 18.6. The van der Waals surface area contributed by atoms with Gasteiger partial charge < -0.3 is 10.6 Å². The second kappa shape index (κ2) is 11.0. The van der Waals surface area contributed by atoms with Crippen molar-refractivity contribution in [3.8, 4) is 6.07 Å². The van der Waals surface area contributed by atoms with Crippen molar-refractivity contribution in [1.29, 1.82) is 5.26 Å². The highest BCUT2D eigenvalue weighted by atomic mass is 19.4. The maximum atomic E-state index is 13.0. The Kier molecular flexibility index (Phi) is 8.64.